The Hall–Kier alpha value is 6.94. The number of aliphatic carboxylic acids is 3. The molecule has 5 fully saturated rings. The summed E-state index contributed by atoms with van der Waals surface area (Å²) in [4.78, 5) is 36.7. The van der Waals surface area contributed by atoms with Crippen LogP contribution >= 0.6 is 0 Å². The summed E-state index contributed by atoms with van der Waals surface area (Å²) >= 11 is 0. The average molecular weight is 1620 g/mol. The van der Waals surface area contributed by atoms with Gasteiger partial charge in [-0.05, 0) is 0 Å². The molecule has 0 spiro atoms. The van der Waals surface area contributed by atoms with E-state index >= 15 is 0 Å². The van der Waals surface area contributed by atoms with Crippen molar-refractivity contribution < 1.29 is 500 Å². The number of hydrogen-bond donors (Lipinski definition) is 8. The van der Waals surface area contributed by atoms with Crippen LogP contribution in [0.5, 0.6) is 0 Å². The fraction of sp³-hybridized carbons (Fsp3) is 0.900. The molecule has 5 saturated heterocycles. The molecule has 0 unspecified atom stereocenters. The summed E-state index contributed by atoms with van der Waals surface area (Å²) in [5, 5.41) is 95.3. The molecule has 65 heteroatoms. The quantitative estimate of drug-likeness (QED) is 0.0215. The van der Waals surface area contributed by atoms with Crippen LogP contribution in [0.3, 0.4) is 0 Å². The molecular formula is C30H39N3Na10O45S7. The fourth-order valence-corrected chi connectivity index (χ4v) is 11.8. The van der Waals surface area contributed by atoms with Gasteiger partial charge in [-0.2, -0.15) is 0 Å². The van der Waals surface area contributed by atoms with Gasteiger partial charge in [0.1, 0.15) is 85.3 Å². The van der Waals surface area contributed by atoms with Gasteiger partial charge in [0.2, 0.25) is 52.0 Å². The topological polar surface area (TPSA) is 778 Å². The predicted molar refractivity (Wildman–Crippen MR) is 224 cm³/mol. The summed E-state index contributed by atoms with van der Waals surface area (Å²) in [7, 11) is -43.3. The number of piperidine rings is 1. The van der Waals surface area contributed by atoms with Gasteiger partial charge in [-0.25, -0.2) is 68.4 Å². The molecule has 0 radical (unpaired) electrons. The minimum atomic E-state index is -6.47. The molecule has 5 heterocycles. The maximum Gasteiger partial charge on any atom is 1.00 e. The number of aliphatic hydroxyl groups is 5. The zero-order valence-electron chi connectivity index (χ0n) is 50.5. The van der Waals surface area contributed by atoms with Crippen LogP contribution in [0, 0.1) is 5.92 Å². The predicted octanol–water partition coefficient (Wildman–Crippen LogP) is -48.9. The van der Waals surface area contributed by atoms with Crippen molar-refractivity contribution >= 4 is 90.5 Å². The smallest absolute Gasteiger partial charge is 0.735 e. The van der Waals surface area contributed by atoms with Crippen molar-refractivity contribution in [1.82, 2.24) is 14.8 Å². The number of carbonyl (C=O) groups excluding carboxylic acids is 3. The maximum atomic E-state index is 12.8. The molecule has 5 rings (SSSR count). The third-order valence-corrected chi connectivity index (χ3v) is 15.2. The SMILES string of the molecule is O=C([O-])[C@H]1CNC[C@@H](O)[C@@H]1O[C@H]1O[C@H](COS(=O)(=O)[O-])[C@@H](O[C@@H]2O[C@@H](C(=O)[O-])[C@@H](O[C@H]3O[C@H](COS(=O)(=O)[O-])[C@@H](O[C@@H]4O[C@@H](C(=O)[O-])[C@@H](OS(=O)(=O)[O-])[C@H](O)[C@H]4OS(=O)(=O)[O-])[C@H](O)[C@H]3NS(=O)(=O)[O-])[C@H](O)[C@H]2OS(=O)(=O)[O-])[C@H](O)[C@H]1NS(=O)(=O)[O-].[Na+].[Na+].[Na+].[Na+].[Na+].[Na+].[Na+].[Na+].[Na+].[Na+]. The Balaban J connectivity index is -0.00000198. The maximum absolute atomic E-state index is 12.8. The molecule has 8 N–H and O–H groups in total. The molecule has 0 aromatic carbocycles. The standard InChI is InChI=1S/C30H49N3O45S7.10Na/c34-6-2-31-1-5(24(39)40)15(6)70-27-9(32-79(45,46)47)11(35)16(7(68-27)3-66-81(51,52)53)71-29-20(77-84(60,61)62)13(37)18(22(74-29)25(41)42)73-28-10(33-80(48,49)50)12(36)17(8(69-28)4-67-82(54,55)56)72-30-21(78-85(63,64)65)14(38)19(76-83(57,58)59)23(75-30)26(43)44;;;;;;;;;;/h5-23,27-38H,1-4H2,(H,39,40)(H,41,42)(H,43,44)(H,45,46,47)(H,48,49,50)(H,51,52,53)(H,54,55,56)(H,57,58,59)(H,60,61,62)(H,63,64,65);;;;;;;;;;/q;10*+1/p-10/t5-,6+,7+,8+,9+,10+,11+,12+,13-,14-,15+,16+,17+,18-,19-,20+,21+,22+,23+,27+,28+,29+,30+;;;;;;;;;;/m0........../s1. The normalized spacial score (nSPS) is 34.5. The molecule has 48 nitrogen and oxygen atoms in total. The van der Waals surface area contributed by atoms with Crippen LogP contribution in [0.1, 0.15) is 0 Å². The first kappa shape index (κ1) is 113. The second-order valence-corrected chi connectivity index (χ2v) is 25.0. The van der Waals surface area contributed by atoms with Crippen molar-refractivity contribution in [3.63, 3.8) is 0 Å². The Morgan fingerprint density at radius 3 is 1.00 bits per heavy atom. The zero-order valence-corrected chi connectivity index (χ0v) is 76.2. The summed E-state index contributed by atoms with van der Waals surface area (Å²) in [6, 6.07) is -5.93. The minimum absolute atomic E-state index is 0. The number of hydrogen-bond acceptors (Lipinski definition) is 46. The van der Waals surface area contributed by atoms with Crippen LogP contribution in [0.4, 0.5) is 0 Å². The summed E-state index contributed by atoms with van der Waals surface area (Å²) in [6.45, 7) is -4.95. The molecule has 95 heavy (non-hydrogen) atoms. The van der Waals surface area contributed by atoms with E-state index in [1.807, 2.05) is 0 Å². The summed E-state index contributed by atoms with van der Waals surface area (Å²) in [6.07, 6.45) is -60.6. The van der Waals surface area contributed by atoms with E-state index in [1.54, 1.807) is 0 Å². The largest absolute Gasteiger partial charge is 1.00 e. The van der Waals surface area contributed by atoms with E-state index in [-0.39, 0.29) is 296 Å². The third kappa shape index (κ3) is 35.9. The van der Waals surface area contributed by atoms with Gasteiger partial charge in [-0.1, -0.05) is 0 Å². The van der Waals surface area contributed by atoms with Gasteiger partial charge < -0.3 is 130 Å². The summed E-state index contributed by atoms with van der Waals surface area (Å²) in [5.41, 5.74) is 0. The Morgan fingerprint density at radius 2 is 0.695 bits per heavy atom. The zero-order chi connectivity index (χ0) is 64.7. The number of aliphatic hydroxyl groups excluding tert-OH is 5. The molecule has 0 amide bonds. The first-order valence-electron chi connectivity index (χ1n) is 22.1. The van der Waals surface area contributed by atoms with Gasteiger partial charge in [-0.15, -0.1) is 0 Å². The monoisotopic (exact) mass is 1610 g/mol. The molecule has 0 bridgehead atoms. The Morgan fingerprint density at radius 1 is 0.389 bits per heavy atom. The number of nitrogens with one attached hydrogen (secondary N) is 3. The molecular weight excluding hydrogens is 1580 g/mol. The van der Waals surface area contributed by atoms with E-state index in [1.165, 1.54) is 4.72 Å². The van der Waals surface area contributed by atoms with Crippen molar-refractivity contribution in [2.24, 2.45) is 5.92 Å². The summed E-state index contributed by atoms with van der Waals surface area (Å²) in [5.74, 6) is -9.44. The number of carboxylic acid groups (broad SMARTS) is 3. The van der Waals surface area contributed by atoms with Crippen LogP contribution in [0.2, 0.25) is 0 Å². The molecule has 0 aliphatic carbocycles. The third-order valence-electron chi connectivity index (χ3n) is 11.8. The molecule has 0 aromatic heterocycles. The van der Waals surface area contributed by atoms with Crippen molar-refractivity contribution in [1.29, 1.82) is 0 Å². The van der Waals surface area contributed by atoms with E-state index < -0.39 is 258 Å². The van der Waals surface area contributed by atoms with E-state index in [0.717, 1.165) is 4.72 Å². The number of ether oxygens (including phenoxy) is 8. The van der Waals surface area contributed by atoms with Gasteiger partial charge in [0.05, 0.1) is 37.4 Å². The van der Waals surface area contributed by atoms with Crippen molar-refractivity contribution in [2.75, 3.05) is 26.3 Å². The Labute approximate surface area is 759 Å². The Bertz CT molecular complexity index is 3250. The van der Waals surface area contributed by atoms with Crippen molar-refractivity contribution in [3.8, 4) is 0 Å². The van der Waals surface area contributed by atoms with Gasteiger partial charge >= 0.3 is 296 Å². The van der Waals surface area contributed by atoms with Gasteiger partial charge in [-0.3, -0.25) is 20.9 Å². The molecule has 5 aliphatic heterocycles. The first-order chi connectivity index (χ1) is 38.5. The van der Waals surface area contributed by atoms with E-state index in [2.05, 4.69) is 26.2 Å². The molecule has 496 valence electrons. The van der Waals surface area contributed by atoms with E-state index in [9.17, 15) is 146 Å². The van der Waals surface area contributed by atoms with Crippen LogP contribution in [0.25, 0.3) is 0 Å². The molecule has 5 aliphatic rings. The molecule has 23 atom stereocenters. The van der Waals surface area contributed by atoms with Gasteiger partial charge in [0.25, 0.3) is 0 Å². The van der Waals surface area contributed by atoms with Crippen LogP contribution in [-0.4, -0.2) is 295 Å². The number of carboxylic acids is 3. The second-order valence-electron chi connectivity index (χ2n) is 17.6. The first-order valence-corrected chi connectivity index (χ1v) is 31.6. The fourth-order valence-electron chi connectivity index (χ4n) is 8.59. The average Bonchev–Trinajstić information content (AvgIpc) is 0.774. The van der Waals surface area contributed by atoms with Crippen LogP contribution in [-0.2, 0) is 146 Å². The second kappa shape index (κ2) is 46.7. The van der Waals surface area contributed by atoms with Gasteiger partial charge in [0, 0.05) is 25.0 Å². The molecule has 0 saturated carbocycles. The van der Waals surface area contributed by atoms with Crippen LogP contribution < -0.4 is 326 Å². The van der Waals surface area contributed by atoms with E-state index in [0.29, 0.717) is 0 Å². The number of rotatable bonds is 27. The van der Waals surface area contributed by atoms with Crippen molar-refractivity contribution in [2.45, 2.75) is 135 Å². The van der Waals surface area contributed by atoms with Crippen LogP contribution in [0.15, 0.2) is 0 Å². The van der Waals surface area contributed by atoms with Gasteiger partial charge in [0.15, 0.2) is 58.0 Å². The van der Waals surface area contributed by atoms with E-state index in [4.69, 9.17) is 37.9 Å². The number of β-amino-alcohol motifs (C(OH)–C–C–N with tert-alkyl or cyclic N) is 1. The number of carbonyl (C=O) groups is 3. The minimum Gasteiger partial charge on any atom is -0.735 e. The summed E-state index contributed by atoms with van der Waals surface area (Å²) < 4.78 is 312. The molecule has 0 aromatic rings. The Kier molecular flexibility index (Phi) is 55.5. The van der Waals surface area contributed by atoms with Crippen molar-refractivity contribution in [3.05, 3.63) is 0 Å².